The van der Waals surface area contributed by atoms with Gasteiger partial charge in [-0.1, -0.05) is 0 Å². The van der Waals surface area contributed by atoms with Gasteiger partial charge in [0.1, 0.15) is 12.1 Å². The molecule has 1 aliphatic rings. The molecule has 2 aromatic heterocycles. The predicted octanol–water partition coefficient (Wildman–Crippen LogP) is 0.222. The number of carbonyl (C=O) groups excluding carboxylic acids is 1. The van der Waals surface area contributed by atoms with E-state index in [0.717, 1.165) is 32.1 Å². The van der Waals surface area contributed by atoms with Crippen LogP contribution >= 0.6 is 0 Å². The molecular weight excluding hydrogens is 374 g/mol. The molecule has 0 saturated carbocycles. The van der Waals surface area contributed by atoms with Gasteiger partial charge in [0, 0.05) is 56.4 Å². The molecule has 1 N–H and O–H groups in total. The summed E-state index contributed by atoms with van der Waals surface area (Å²) in [5, 5.41) is 14.1. The van der Waals surface area contributed by atoms with Crippen LogP contribution in [-0.4, -0.2) is 80.8 Å². The Balaban J connectivity index is 1.35. The van der Waals surface area contributed by atoms with Crippen LogP contribution in [0.4, 0.5) is 11.6 Å². The van der Waals surface area contributed by atoms with Gasteiger partial charge in [-0.25, -0.2) is 14.6 Å². The summed E-state index contributed by atoms with van der Waals surface area (Å²) in [4.78, 5) is 25.3. The van der Waals surface area contributed by atoms with Crippen molar-refractivity contribution in [2.24, 2.45) is 0 Å². The number of ether oxygens (including phenoxy) is 1. The molecule has 0 radical (unpaired) electrons. The Bertz CT molecular complexity index is 941. The molecule has 150 valence electrons. The largest absolute Gasteiger partial charge is 0.497 e. The lowest BCUT2D eigenvalue weighted by Crippen LogP contribution is -2.49. The Morgan fingerprint density at radius 1 is 1.14 bits per heavy atom. The minimum atomic E-state index is -0.0923. The number of anilines is 2. The molecule has 4 rings (SSSR count). The Kier molecular flexibility index (Phi) is 5.56. The zero-order valence-electron chi connectivity index (χ0n) is 16.0. The van der Waals surface area contributed by atoms with Crippen LogP contribution in [0.3, 0.4) is 0 Å². The van der Waals surface area contributed by atoms with Crippen LogP contribution in [0.1, 0.15) is 0 Å². The van der Waals surface area contributed by atoms with Crippen LogP contribution in [0.15, 0.2) is 43.0 Å². The van der Waals surface area contributed by atoms with Crippen LogP contribution in [0.2, 0.25) is 0 Å². The number of rotatable bonds is 6. The van der Waals surface area contributed by atoms with E-state index < -0.39 is 0 Å². The van der Waals surface area contributed by atoms with E-state index >= 15 is 0 Å². The first-order valence-corrected chi connectivity index (χ1v) is 9.18. The fourth-order valence-corrected chi connectivity index (χ4v) is 3.15. The van der Waals surface area contributed by atoms with Crippen molar-refractivity contribution in [2.45, 2.75) is 0 Å². The van der Waals surface area contributed by atoms with E-state index in [4.69, 9.17) is 4.74 Å². The van der Waals surface area contributed by atoms with E-state index in [2.05, 4.69) is 40.6 Å². The summed E-state index contributed by atoms with van der Waals surface area (Å²) in [6.45, 7) is 3.39. The summed E-state index contributed by atoms with van der Waals surface area (Å²) >= 11 is 0. The molecule has 3 aromatic rings. The summed E-state index contributed by atoms with van der Waals surface area (Å²) in [6, 6.07) is 7.14. The third kappa shape index (κ3) is 4.63. The van der Waals surface area contributed by atoms with Gasteiger partial charge in [0.25, 0.3) is 0 Å². The number of nitrogens with zero attached hydrogens (tertiary/aromatic N) is 8. The maximum absolute atomic E-state index is 12.6. The van der Waals surface area contributed by atoms with Crippen molar-refractivity contribution in [2.75, 3.05) is 50.1 Å². The zero-order chi connectivity index (χ0) is 20.1. The molecule has 0 unspecified atom stereocenters. The lowest BCUT2D eigenvalue weighted by Gasteiger charge is -2.34. The Morgan fingerprint density at radius 3 is 2.62 bits per heavy atom. The van der Waals surface area contributed by atoms with Gasteiger partial charge in [-0.15, -0.1) is 5.10 Å². The number of hydrogen-bond acceptors (Lipinski definition) is 9. The van der Waals surface area contributed by atoms with Gasteiger partial charge >= 0.3 is 0 Å². The highest BCUT2D eigenvalue weighted by atomic mass is 16.5. The highest BCUT2D eigenvalue weighted by Gasteiger charge is 2.20. The second-order valence-electron chi connectivity index (χ2n) is 6.53. The number of aromatic nitrogens is 6. The number of tetrazole rings is 1. The van der Waals surface area contributed by atoms with Gasteiger partial charge in [0.15, 0.2) is 0 Å². The standard InChI is InChI=1S/C18H21N9O2/c1-29-16-10-14(9-15(11-16)27-13-21-23-24-27)22-17(28)12-25-5-7-26(8-6-25)18-19-3-2-4-20-18/h2-4,9-11,13H,5-8,12H2,1H3,(H,22,28). The summed E-state index contributed by atoms with van der Waals surface area (Å²) in [7, 11) is 1.57. The van der Waals surface area contributed by atoms with Crippen molar-refractivity contribution >= 4 is 17.5 Å². The lowest BCUT2D eigenvalue weighted by molar-refractivity contribution is -0.117. The Labute approximate surface area is 167 Å². The van der Waals surface area contributed by atoms with Crippen LogP contribution in [0, 0.1) is 0 Å². The van der Waals surface area contributed by atoms with Gasteiger partial charge < -0.3 is 15.0 Å². The van der Waals surface area contributed by atoms with Gasteiger partial charge in [-0.2, -0.15) is 0 Å². The topological polar surface area (TPSA) is 114 Å². The predicted molar refractivity (Wildman–Crippen MR) is 105 cm³/mol. The second-order valence-corrected chi connectivity index (χ2v) is 6.53. The Hall–Kier alpha value is -3.60. The van der Waals surface area contributed by atoms with Crippen LogP contribution in [-0.2, 0) is 4.79 Å². The van der Waals surface area contributed by atoms with E-state index in [0.29, 0.717) is 23.7 Å². The SMILES string of the molecule is COc1cc(NC(=O)CN2CCN(c3ncccn3)CC2)cc(-n2cnnn2)c1. The van der Waals surface area contributed by atoms with Crippen molar-refractivity contribution in [1.29, 1.82) is 0 Å². The third-order valence-corrected chi connectivity index (χ3v) is 4.60. The monoisotopic (exact) mass is 395 g/mol. The fourth-order valence-electron chi connectivity index (χ4n) is 3.15. The van der Waals surface area contributed by atoms with Gasteiger partial charge in [0.2, 0.25) is 11.9 Å². The molecule has 1 fully saturated rings. The van der Waals surface area contributed by atoms with Crippen molar-refractivity contribution < 1.29 is 9.53 Å². The second kappa shape index (κ2) is 8.61. The Morgan fingerprint density at radius 2 is 1.93 bits per heavy atom. The van der Waals surface area contributed by atoms with E-state index in [-0.39, 0.29) is 5.91 Å². The molecule has 0 aliphatic carbocycles. The number of amides is 1. The van der Waals surface area contributed by atoms with E-state index in [9.17, 15) is 4.79 Å². The fraction of sp³-hybridized carbons (Fsp3) is 0.333. The minimum absolute atomic E-state index is 0.0923. The van der Waals surface area contributed by atoms with Crippen LogP contribution in [0.5, 0.6) is 5.75 Å². The van der Waals surface area contributed by atoms with Crippen LogP contribution < -0.4 is 15.0 Å². The van der Waals surface area contributed by atoms with Crippen molar-refractivity contribution in [1.82, 2.24) is 35.1 Å². The van der Waals surface area contributed by atoms with Gasteiger partial charge in [-0.3, -0.25) is 9.69 Å². The average Bonchev–Trinajstić information content (AvgIpc) is 3.29. The first kappa shape index (κ1) is 18.7. The maximum Gasteiger partial charge on any atom is 0.238 e. The minimum Gasteiger partial charge on any atom is -0.497 e. The summed E-state index contributed by atoms with van der Waals surface area (Å²) in [6.07, 6.45) is 4.95. The quantitative estimate of drug-likeness (QED) is 0.626. The summed E-state index contributed by atoms with van der Waals surface area (Å²) in [5.74, 6) is 1.23. The first-order chi connectivity index (χ1) is 14.2. The summed E-state index contributed by atoms with van der Waals surface area (Å²) in [5.41, 5.74) is 1.32. The molecule has 0 spiro atoms. The highest BCUT2D eigenvalue weighted by molar-refractivity contribution is 5.92. The summed E-state index contributed by atoms with van der Waals surface area (Å²) < 4.78 is 6.82. The van der Waals surface area contributed by atoms with Gasteiger partial charge in [0.05, 0.1) is 19.3 Å². The smallest absolute Gasteiger partial charge is 0.238 e. The van der Waals surface area contributed by atoms with E-state index in [1.165, 1.54) is 11.0 Å². The van der Waals surface area contributed by atoms with E-state index in [1.54, 1.807) is 43.8 Å². The molecule has 3 heterocycles. The van der Waals surface area contributed by atoms with Gasteiger partial charge in [-0.05, 0) is 22.6 Å². The van der Waals surface area contributed by atoms with E-state index in [1.807, 2.05) is 0 Å². The number of hydrogen-bond donors (Lipinski definition) is 1. The number of benzene rings is 1. The lowest BCUT2D eigenvalue weighted by atomic mass is 10.2. The molecule has 1 aliphatic heterocycles. The normalized spacial score (nSPS) is 14.6. The zero-order valence-corrected chi connectivity index (χ0v) is 16.0. The molecular formula is C18H21N9O2. The average molecular weight is 395 g/mol. The molecule has 29 heavy (non-hydrogen) atoms. The third-order valence-electron chi connectivity index (χ3n) is 4.60. The first-order valence-electron chi connectivity index (χ1n) is 9.18. The van der Waals surface area contributed by atoms with Crippen LogP contribution in [0.25, 0.3) is 5.69 Å². The molecule has 11 nitrogen and oxygen atoms in total. The molecule has 0 atom stereocenters. The van der Waals surface area contributed by atoms with Crippen molar-refractivity contribution in [3.05, 3.63) is 43.0 Å². The number of carbonyl (C=O) groups is 1. The van der Waals surface area contributed by atoms with Crippen molar-refractivity contribution in [3.8, 4) is 11.4 Å². The molecule has 1 saturated heterocycles. The highest BCUT2D eigenvalue weighted by Crippen LogP contribution is 2.23. The number of piperazine rings is 1. The number of nitrogens with one attached hydrogen (secondary N) is 1. The molecule has 0 bridgehead atoms. The molecule has 11 heteroatoms. The number of methoxy groups -OCH3 is 1. The molecule has 1 aromatic carbocycles. The maximum atomic E-state index is 12.6. The van der Waals surface area contributed by atoms with Crippen molar-refractivity contribution in [3.63, 3.8) is 0 Å². The molecule has 1 amide bonds.